The molecule has 0 saturated carbocycles. The molecule has 1 N–H and O–H groups in total. The summed E-state index contributed by atoms with van der Waals surface area (Å²) in [6.07, 6.45) is 0. The van der Waals surface area contributed by atoms with E-state index >= 15 is 0 Å². The molecule has 0 fully saturated rings. The molecule has 0 bridgehead atoms. The summed E-state index contributed by atoms with van der Waals surface area (Å²) in [7, 11) is 1.40. The number of aliphatic hydroxyl groups excluding tert-OH is 1. The van der Waals surface area contributed by atoms with Crippen molar-refractivity contribution in [1.82, 2.24) is 0 Å². The molecule has 0 aliphatic heterocycles. The fourth-order valence-electron chi connectivity index (χ4n) is 0.141. The largest absolute Gasteiger partial charge is 0.480 e. The number of allylic oxidation sites excluding steroid dienone is 1. The summed E-state index contributed by atoms with van der Waals surface area (Å²) in [5.74, 6) is -0.0694. The van der Waals surface area contributed by atoms with Crippen LogP contribution in [0.4, 0.5) is 0 Å². The van der Waals surface area contributed by atoms with Gasteiger partial charge in [0.15, 0.2) is 0 Å². The van der Waals surface area contributed by atoms with Crippen LogP contribution in [0.15, 0.2) is 10.4 Å². The zero-order valence-corrected chi connectivity index (χ0v) is 5.82. The predicted octanol–water partition coefficient (Wildman–Crippen LogP) is 1.77. The number of aliphatic hydroxyl groups is 1. The molecule has 0 aliphatic rings. The van der Waals surface area contributed by atoms with Crippen LogP contribution in [0, 0.1) is 0 Å². The lowest BCUT2D eigenvalue weighted by Gasteiger charge is -1.94. The van der Waals surface area contributed by atoms with E-state index < -0.39 is 0 Å². The maximum Gasteiger partial charge on any atom is 0.286 e. The van der Waals surface area contributed by atoms with E-state index in [0.717, 1.165) is 0 Å². The Bertz CT molecular complexity index is 83.7. The Morgan fingerprint density at radius 1 is 1.71 bits per heavy atom. The Kier molecular flexibility index (Phi) is 2.83. The predicted molar refractivity (Wildman–Crippen MR) is 31.3 cm³/mol. The maximum absolute atomic E-state index is 8.55. The molecule has 0 radical (unpaired) electrons. The van der Waals surface area contributed by atoms with E-state index in [1.807, 2.05) is 0 Å². The van der Waals surface area contributed by atoms with E-state index in [1.165, 1.54) is 7.11 Å². The molecule has 0 rings (SSSR count). The summed E-state index contributed by atoms with van der Waals surface area (Å²) in [6.45, 7) is 1.69. The summed E-state index contributed by atoms with van der Waals surface area (Å²) in [5.41, 5.74) is 0. The number of rotatable bonds is 1. The second kappa shape index (κ2) is 2.91. The van der Waals surface area contributed by atoms with Crippen molar-refractivity contribution in [2.45, 2.75) is 6.92 Å². The van der Waals surface area contributed by atoms with Crippen molar-refractivity contribution < 1.29 is 9.84 Å². The minimum Gasteiger partial charge on any atom is -0.480 e. The SMILES string of the molecule is CO/C(O)=C(\C)Br. The molecule has 7 heavy (non-hydrogen) atoms. The Hall–Kier alpha value is -0.180. The molecule has 0 amide bonds. The first-order valence-corrected chi connectivity index (χ1v) is 2.57. The summed E-state index contributed by atoms with van der Waals surface area (Å²) in [6, 6.07) is 0. The topological polar surface area (TPSA) is 29.5 Å². The van der Waals surface area contributed by atoms with Crippen LogP contribution in [0.3, 0.4) is 0 Å². The Morgan fingerprint density at radius 2 is 2.14 bits per heavy atom. The van der Waals surface area contributed by atoms with Crippen LogP contribution < -0.4 is 0 Å². The van der Waals surface area contributed by atoms with E-state index in [9.17, 15) is 0 Å². The fraction of sp³-hybridized carbons (Fsp3) is 0.500. The quantitative estimate of drug-likeness (QED) is 0.603. The van der Waals surface area contributed by atoms with Crippen molar-refractivity contribution in [2.24, 2.45) is 0 Å². The third-order valence-corrected chi connectivity index (χ3v) is 0.827. The minimum absolute atomic E-state index is 0.0694. The van der Waals surface area contributed by atoms with Crippen LogP contribution in [0.25, 0.3) is 0 Å². The normalized spacial score (nSPS) is 13.0. The van der Waals surface area contributed by atoms with Crippen LogP contribution in [0.2, 0.25) is 0 Å². The Balaban J connectivity index is 3.72. The molecule has 0 atom stereocenters. The molecule has 3 heteroatoms. The highest BCUT2D eigenvalue weighted by atomic mass is 79.9. The van der Waals surface area contributed by atoms with Crippen LogP contribution in [0.5, 0.6) is 0 Å². The standard InChI is InChI=1S/C4H7BrO2/c1-3(5)4(6)7-2/h6H,1-2H3/b4-3+. The van der Waals surface area contributed by atoms with Crippen LogP contribution in [-0.2, 0) is 4.74 Å². The first kappa shape index (κ1) is 6.82. The molecule has 0 aromatic carbocycles. The third kappa shape index (κ3) is 2.51. The van der Waals surface area contributed by atoms with Crippen LogP contribution in [0.1, 0.15) is 6.92 Å². The molecule has 0 spiro atoms. The van der Waals surface area contributed by atoms with E-state index in [4.69, 9.17) is 5.11 Å². The highest BCUT2D eigenvalue weighted by Crippen LogP contribution is 2.06. The van der Waals surface area contributed by atoms with Gasteiger partial charge in [-0.25, -0.2) is 0 Å². The van der Waals surface area contributed by atoms with Gasteiger partial charge in [-0.2, -0.15) is 0 Å². The zero-order chi connectivity index (χ0) is 5.86. The van der Waals surface area contributed by atoms with Crippen molar-refractivity contribution in [3.63, 3.8) is 0 Å². The lowest BCUT2D eigenvalue weighted by atomic mass is 10.7. The lowest BCUT2D eigenvalue weighted by molar-refractivity contribution is 0.134. The average molecular weight is 167 g/mol. The van der Waals surface area contributed by atoms with Crippen molar-refractivity contribution in [2.75, 3.05) is 7.11 Å². The molecule has 0 unspecified atom stereocenters. The summed E-state index contributed by atoms with van der Waals surface area (Å²) in [4.78, 5) is 0. The van der Waals surface area contributed by atoms with Gasteiger partial charge in [0, 0.05) is 0 Å². The van der Waals surface area contributed by atoms with E-state index in [0.29, 0.717) is 4.48 Å². The lowest BCUT2D eigenvalue weighted by Crippen LogP contribution is -1.83. The molecule has 0 aromatic rings. The van der Waals surface area contributed by atoms with Gasteiger partial charge in [-0.15, -0.1) is 0 Å². The second-order valence-corrected chi connectivity index (χ2v) is 2.23. The second-order valence-electron chi connectivity index (χ2n) is 1.04. The van der Waals surface area contributed by atoms with Crippen molar-refractivity contribution in [3.8, 4) is 0 Å². The maximum atomic E-state index is 8.55. The Morgan fingerprint density at radius 3 is 2.14 bits per heavy atom. The molecule has 0 heterocycles. The van der Waals surface area contributed by atoms with Gasteiger partial charge in [-0.05, 0) is 22.9 Å². The number of methoxy groups -OCH3 is 1. The highest BCUT2D eigenvalue weighted by molar-refractivity contribution is 9.11. The average Bonchev–Trinajstić information content (AvgIpc) is 1.65. The summed E-state index contributed by atoms with van der Waals surface area (Å²) >= 11 is 3.00. The molecule has 42 valence electrons. The highest BCUT2D eigenvalue weighted by Gasteiger charge is 1.90. The summed E-state index contributed by atoms with van der Waals surface area (Å²) < 4.78 is 5.01. The van der Waals surface area contributed by atoms with Gasteiger partial charge >= 0.3 is 0 Å². The molecule has 0 saturated heterocycles. The van der Waals surface area contributed by atoms with Crippen LogP contribution in [-0.4, -0.2) is 12.2 Å². The monoisotopic (exact) mass is 166 g/mol. The number of halogens is 1. The molecular formula is C4H7BrO2. The zero-order valence-electron chi connectivity index (χ0n) is 4.23. The number of hydrogen-bond acceptors (Lipinski definition) is 2. The van der Waals surface area contributed by atoms with Crippen molar-refractivity contribution in [1.29, 1.82) is 0 Å². The van der Waals surface area contributed by atoms with Crippen LogP contribution >= 0.6 is 15.9 Å². The number of hydrogen-bond donors (Lipinski definition) is 1. The summed E-state index contributed by atoms with van der Waals surface area (Å²) in [5, 5.41) is 8.55. The van der Waals surface area contributed by atoms with E-state index in [1.54, 1.807) is 6.92 Å². The number of ether oxygens (including phenoxy) is 1. The smallest absolute Gasteiger partial charge is 0.286 e. The molecule has 0 aliphatic carbocycles. The van der Waals surface area contributed by atoms with Gasteiger partial charge in [0.2, 0.25) is 0 Å². The van der Waals surface area contributed by atoms with Gasteiger partial charge in [0.25, 0.3) is 5.95 Å². The molecule has 2 nitrogen and oxygen atoms in total. The molecular weight excluding hydrogens is 160 g/mol. The fourth-order valence-corrected chi connectivity index (χ4v) is 0.303. The molecule has 0 aromatic heterocycles. The van der Waals surface area contributed by atoms with Gasteiger partial charge in [-0.1, -0.05) is 0 Å². The van der Waals surface area contributed by atoms with Gasteiger partial charge < -0.3 is 9.84 Å². The van der Waals surface area contributed by atoms with Gasteiger partial charge in [0.05, 0.1) is 11.6 Å². The van der Waals surface area contributed by atoms with Gasteiger partial charge in [0.1, 0.15) is 0 Å². The first-order valence-electron chi connectivity index (χ1n) is 1.77. The van der Waals surface area contributed by atoms with E-state index in [2.05, 4.69) is 20.7 Å². The van der Waals surface area contributed by atoms with Crippen molar-refractivity contribution >= 4 is 15.9 Å². The third-order valence-electron chi connectivity index (χ3n) is 0.488. The minimum atomic E-state index is -0.0694. The van der Waals surface area contributed by atoms with Crippen molar-refractivity contribution in [3.05, 3.63) is 10.4 Å². The Labute approximate surface area is 50.9 Å². The first-order chi connectivity index (χ1) is 3.18. The van der Waals surface area contributed by atoms with Gasteiger partial charge in [-0.3, -0.25) is 0 Å². The van der Waals surface area contributed by atoms with E-state index in [-0.39, 0.29) is 5.95 Å².